The molecule has 6 nitrogen and oxygen atoms in total. The first-order valence-electron chi connectivity index (χ1n) is 12.1. The molecule has 0 aliphatic rings. The summed E-state index contributed by atoms with van der Waals surface area (Å²) < 4.78 is 19.7. The van der Waals surface area contributed by atoms with Crippen molar-refractivity contribution in [3.05, 3.63) is 108 Å². The largest absolute Gasteiger partial charge is 0.487 e. The molecule has 7 rings (SSSR count). The van der Waals surface area contributed by atoms with Crippen LogP contribution in [-0.2, 0) is 6.61 Å². The zero-order valence-electron chi connectivity index (χ0n) is 20.0. The van der Waals surface area contributed by atoms with E-state index < -0.39 is 0 Å². The van der Waals surface area contributed by atoms with Crippen LogP contribution in [0, 0.1) is 5.13 Å². The van der Waals surface area contributed by atoms with Crippen molar-refractivity contribution in [3.63, 3.8) is 0 Å². The molecule has 184 valence electrons. The van der Waals surface area contributed by atoms with Gasteiger partial charge in [-0.2, -0.15) is 9.49 Å². The number of hydrogen-bond donors (Lipinski definition) is 2. The number of nitrogens with zero attached hydrogens (tertiary/aromatic N) is 3. The van der Waals surface area contributed by atoms with Crippen LogP contribution < -0.4 is 4.74 Å². The molecule has 2 N–H and O–H groups in total. The van der Waals surface area contributed by atoms with Crippen LogP contribution in [0.25, 0.3) is 55.0 Å². The van der Waals surface area contributed by atoms with E-state index >= 15 is 0 Å². The molecule has 5 heterocycles. The van der Waals surface area contributed by atoms with Gasteiger partial charge >= 0.3 is 0 Å². The first-order chi connectivity index (χ1) is 18.7. The molecule has 0 fully saturated rings. The van der Waals surface area contributed by atoms with Gasteiger partial charge in [-0.15, -0.1) is 11.3 Å². The van der Waals surface area contributed by atoms with Crippen molar-refractivity contribution in [1.29, 1.82) is 0 Å². The molecule has 8 heteroatoms. The first-order valence-corrected chi connectivity index (χ1v) is 12.9. The Balaban J connectivity index is 1.24. The Hall–Kier alpha value is -4.82. The van der Waals surface area contributed by atoms with E-state index in [0.29, 0.717) is 18.1 Å². The first kappa shape index (κ1) is 22.4. The number of ether oxygens (including phenoxy) is 1. The van der Waals surface area contributed by atoms with Gasteiger partial charge in [0.25, 0.3) is 0 Å². The Bertz CT molecular complexity index is 1910. The smallest absolute Gasteiger partial charge is 0.176 e. The molecule has 38 heavy (non-hydrogen) atoms. The molecule has 5 aromatic heterocycles. The van der Waals surface area contributed by atoms with Gasteiger partial charge in [-0.1, -0.05) is 42.5 Å². The standard InChI is InChI=1S/C30H20FN5OS/c31-28-12-11-27(38-28)21-7-4-8-24-22(21)14-26(33-24)30-29-25(35-36-30)10-9-23(34-29)19-13-20(16-32-15-19)37-17-18-5-2-1-3-6-18/h1-16,33H,17H2,(H,35,36). The monoisotopic (exact) mass is 517 g/mol. The molecule has 7 aromatic rings. The Morgan fingerprint density at radius 1 is 0.868 bits per heavy atom. The second kappa shape index (κ2) is 9.24. The quantitative estimate of drug-likeness (QED) is 0.238. The summed E-state index contributed by atoms with van der Waals surface area (Å²) in [6.07, 6.45) is 3.48. The van der Waals surface area contributed by atoms with Gasteiger partial charge in [0.15, 0.2) is 5.13 Å². The predicted octanol–water partition coefficient (Wildman–Crippen LogP) is 7.61. The van der Waals surface area contributed by atoms with Crippen molar-refractivity contribution in [1.82, 2.24) is 25.1 Å². The summed E-state index contributed by atoms with van der Waals surface area (Å²) in [6, 6.07) is 27.2. The number of thiophene rings is 1. The number of H-pyrrole nitrogens is 2. The highest BCUT2D eigenvalue weighted by Gasteiger charge is 2.16. The zero-order chi connectivity index (χ0) is 25.5. The Labute approximate surface area is 220 Å². The van der Waals surface area contributed by atoms with Gasteiger partial charge in [-0.05, 0) is 48.0 Å². The molecule has 0 bridgehead atoms. The van der Waals surface area contributed by atoms with E-state index in [-0.39, 0.29) is 5.13 Å². The van der Waals surface area contributed by atoms with Crippen molar-refractivity contribution in [2.24, 2.45) is 0 Å². The maximum Gasteiger partial charge on any atom is 0.176 e. The summed E-state index contributed by atoms with van der Waals surface area (Å²) in [4.78, 5) is 13.7. The minimum atomic E-state index is -0.202. The fourth-order valence-corrected chi connectivity index (χ4v) is 5.35. The molecular formula is C30H20FN5OS. The van der Waals surface area contributed by atoms with Crippen LogP contribution >= 0.6 is 11.3 Å². The minimum Gasteiger partial charge on any atom is -0.487 e. The highest BCUT2D eigenvalue weighted by Crippen LogP contribution is 2.36. The van der Waals surface area contributed by atoms with Gasteiger partial charge in [0.1, 0.15) is 23.6 Å². The lowest BCUT2D eigenvalue weighted by Gasteiger charge is -2.08. The van der Waals surface area contributed by atoms with Crippen molar-refractivity contribution in [2.45, 2.75) is 6.61 Å². The second-order valence-corrected chi connectivity index (χ2v) is 9.94. The third-order valence-electron chi connectivity index (χ3n) is 6.42. The fourth-order valence-electron chi connectivity index (χ4n) is 4.58. The van der Waals surface area contributed by atoms with Crippen LogP contribution in [-0.4, -0.2) is 25.1 Å². The van der Waals surface area contributed by atoms with Gasteiger partial charge in [0, 0.05) is 33.1 Å². The molecule has 0 aliphatic carbocycles. The molecule has 0 atom stereocenters. The van der Waals surface area contributed by atoms with E-state index in [1.54, 1.807) is 12.4 Å². The SMILES string of the molecule is Fc1ccc(-c2cccc3[nH]c(-c4n[nH]c5ccc(-c6cncc(OCc7ccccc7)c6)nc45)cc23)s1. The van der Waals surface area contributed by atoms with Crippen LogP contribution in [0.3, 0.4) is 0 Å². The number of benzene rings is 2. The minimum absolute atomic E-state index is 0.202. The van der Waals surface area contributed by atoms with Crippen LogP contribution in [0.5, 0.6) is 5.75 Å². The lowest BCUT2D eigenvalue weighted by atomic mass is 10.1. The Morgan fingerprint density at radius 2 is 1.79 bits per heavy atom. The second-order valence-electron chi connectivity index (χ2n) is 8.90. The summed E-state index contributed by atoms with van der Waals surface area (Å²) in [5.74, 6) is 0.675. The molecule has 0 radical (unpaired) electrons. The van der Waals surface area contributed by atoms with E-state index in [9.17, 15) is 4.39 Å². The van der Waals surface area contributed by atoms with E-state index in [1.165, 1.54) is 6.07 Å². The highest BCUT2D eigenvalue weighted by atomic mass is 32.1. The highest BCUT2D eigenvalue weighted by molar-refractivity contribution is 7.14. The molecule has 0 saturated heterocycles. The number of nitrogens with one attached hydrogen (secondary N) is 2. The lowest BCUT2D eigenvalue weighted by Crippen LogP contribution is -1.96. The molecular weight excluding hydrogens is 497 g/mol. The van der Waals surface area contributed by atoms with E-state index in [0.717, 1.165) is 66.2 Å². The van der Waals surface area contributed by atoms with Gasteiger partial charge in [-0.25, -0.2) is 4.98 Å². The number of aromatic nitrogens is 5. The lowest BCUT2D eigenvalue weighted by molar-refractivity contribution is 0.305. The third-order valence-corrected chi connectivity index (χ3v) is 7.33. The van der Waals surface area contributed by atoms with E-state index in [2.05, 4.69) is 20.2 Å². The molecule has 0 amide bonds. The third kappa shape index (κ3) is 4.10. The molecule has 0 saturated carbocycles. The predicted molar refractivity (Wildman–Crippen MR) is 148 cm³/mol. The summed E-state index contributed by atoms with van der Waals surface area (Å²) >= 11 is 1.14. The average molecular weight is 518 g/mol. The van der Waals surface area contributed by atoms with Crippen LogP contribution in [0.15, 0.2) is 97.3 Å². The fraction of sp³-hybridized carbons (Fsp3) is 0.0333. The zero-order valence-corrected chi connectivity index (χ0v) is 20.8. The molecule has 0 aliphatic heterocycles. The Kier molecular flexibility index (Phi) is 5.44. The topological polar surface area (TPSA) is 79.5 Å². The van der Waals surface area contributed by atoms with Gasteiger partial charge < -0.3 is 9.72 Å². The summed E-state index contributed by atoms with van der Waals surface area (Å²) in [6.45, 7) is 0.463. The van der Waals surface area contributed by atoms with Crippen molar-refractivity contribution >= 4 is 33.3 Å². The normalized spacial score (nSPS) is 11.4. The summed E-state index contributed by atoms with van der Waals surface area (Å²) in [5.41, 5.74) is 7.75. The summed E-state index contributed by atoms with van der Waals surface area (Å²) in [7, 11) is 0. The van der Waals surface area contributed by atoms with Gasteiger partial charge in [0.2, 0.25) is 0 Å². The van der Waals surface area contributed by atoms with Crippen LogP contribution in [0.4, 0.5) is 4.39 Å². The molecule has 0 spiro atoms. The average Bonchev–Trinajstić information content (AvgIpc) is 3.70. The molecule has 0 unspecified atom stereocenters. The van der Waals surface area contributed by atoms with Crippen LogP contribution in [0.2, 0.25) is 0 Å². The summed E-state index contributed by atoms with van der Waals surface area (Å²) in [5, 5.41) is 8.46. The molecule has 2 aromatic carbocycles. The number of aromatic amines is 2. The van der Waals surface area contributed by atoms with E-state index in [4.69, 9.17) is 9.72 Å². The van der Waals surface area contributed by atoms with Gasteiger partial charge in [0.05, 0.1) is 23.1 Å². The maximum atomic E-state index is 13.7. The number of halogens is 1. The number of hydrogen-bond acceptors (Lipinski definition) is 5. The Morgan fingerprint density at radius 3 is 2.66 bits per heavy atom. The van der Waals surface area contributed by atoms with E-state index in [1.807, 2.05) is 78.9 Å². The van der Waals surface area contributed by atoms with Crippen molar-refractivity contribution < 1.29 is 9.13 Å². The number of pyridine rings is 2. The number of fused-ring (bicyclic) bond motifs is 2. The van der Waals surface area contributed by atoms with Crippen molar-refractivity contribution in [2.75, 3.05) is 0 Å². The van der Waals surface area contributed by atoms with Gasteiger partial charge in [-0.3, -0.25) is 10.1 Å². The van der Waals surface area contributed by atoms with Crippen molar-refractivity contribution in [3.8, 4) is 38.8 Å². The number of rotatable bonds is 6. The maximum absolute atomic E-state index is 13.7. The van der Waals surface area contributed by atoms with Crippen LogP contribution in [0.1, 0.15) is 5.56 Å².